The lowest BCUT2D eigenvalue weighted by Crippen LogP contribution is -2.30. The van der Waals surface area contributed by atoms with Crippen LogP contribution >= 0.6 is 0 Å². The molecule has 0 rings (SSSR count). The number of hydrogen-bond acceptors (Lipinski definition) is 6. The number of esters is 3. The van der Waals surface area contributed by atoms with E-state index < -0.39 is 6.10 Å². The van der Waals surface area contributed by atoms with Gasteiger partial charge in [-0.05, 0) is 96.3 Å². The van der Waals surface area contributed by atoms with E-state index in [0.29, 0.717) is 19.3 Å². The minimum Gasteiger partial charge on any atom is -0.462 e. The molecule has 6 heteroatoms. The molecule has 0 bridgehead atoms. The summed E-state index contributed by atoms with van der Waals surface area (Å²) in [5.41, 5.74) is 0. The van der Waals surface area contributed by atoms with E-state index in [2.05, 4.69) is 106 Å². The average Bonchev–Trinajstić information content (AvgIpc) is 3.28. The Morgan fingerprint density at radius 1 is 0.317 bits per heavy atom. The highest BCUT2D eigenvalue weighted by atomic mass is 16.6. The molecule has 0 aromatic carbocycles. The van der Waals surface area contributed by atoms with E-state index in [1.807, 2.05) is 0 Å². The lowest BCUT2D eigenvalue weighted by molar-refractivity contribution is -0.167. The summed E-state index contributed by atoms with van der Waals surface area (Å²) in [7, 11) is 0. The van der Waals surface area contributed by atoms with Gasteiger partial charge in [0.1, 0.15) is 13.2 Å². The summed E-state index contributed by atoms with van der Waals surface area (Å²) < 4.78 is 16.8. The molecule has 0 fully saturated rings. The third-order valence-electron chi connectivity index (χ3n) is 11.0. The first kappa shape index (κ1) is 59.6. The van der Waals surface area contributed by atoms with Gasteiger partial charge in [0.15, 0.2) is 6.10 Å². The fourth-order valence-corrected chi connectivity index (χ4v) is 6.97. The highest BCUT2D eigenvalue weighted by Gasteiger charge is 2.19. The van der Waals surface area contributed by atoms with E-state index in [1.54, 1.807) is 0 Å². The van der Waals surface area contributed by atoms with Crippen LogP contribution < -0.4 is 0 Å². The maximum absolute atomic E-state index is 12.8. The van der Waals surface area contributed by atoms with Crippen molar-refractivity contribution in [1.29, 1.82) is 0 Å². The lowest BCUT2D eigenvalue weighted by atomic mass is 10.1. The normalized spacial score (nSPS) is 12.7. The van der Waals surface area contributed by atoms with Crippen molar-refractivity contribution in [3.63, 3.8) is 0 Å². The standard InChI is InChI=1S/C57H96O6/c1-4-7-10-13-16-19-22-25-27-28-29-31-32-35-38-41-44-47-50-56(59)62-53-54(52-61-55(58)49-46-43-40-37-34-24-21-18-15-12-9-6-3)63-57(60)51-48-45-42-39-36-33-30-26-23-20-17-14-11-8-5-2/h16-23,25-29,31,54H,4-15,24,30,32-53H2,1-3H3/b19-16-,20-17-,21-18-,25-22-,26-23-,28-27-,31-29-. The highest BCUT2D eigenvalue weighted by Crippen LogP contribution is 2.13. The Kier molecular flexibility index (Phi) is 48.5. The minimum absolute atomic E-state index is 0.0942. The Hall–Kier alpha value is -3.41. The molecule has 0 radical (unpaired) electrons. The van der Waals surface area contributed by atoms with Crippen molar-refractivity contribution in [3.8, 4) is 0 Å². The number of carbonyl (C=O) groups is 3. The molecule has 0 saturated heterocycles. The molecule has 6 nitrogen and oxygen atoms in total. The molecule has 0 aliphatic rings. The molecule has 0 spiro atoms. The summed E-state index contributed by atoms with van der Waals surface area (Å²) in [6.07, 6.45) is 65.5. The monoisotopic (exact) mass is 877 g/mol. The molecular weight excluding hydrogens is 781 g/mol. The fourth-order valence-electron chi connectivity index (χ4n) is 6.97. The minimum atomic E-state index is -0.796. The first-order valence-electron chi connectivity index (χ1n) is 26.2. The summed E-state index contributed by atoms with van der Waals surface area (Å²) in [6.45, 7) is 6.50. The SMILES string of the molecule is CCCCC\C=C/C=C\C=C/C=C\CCCCCCCC(=O)OCC(COC(=O)CCCCCCC/C=C\CCCCC)OC(=O)CCCCCCCC/C=C\C=C/CCCCC. The van der Waals surface area contributed by atoms with Gasteiger partial charge in [-0.3, -0.25) is 14.4 Å². The Morgan fingerprint density at radius 3 is 0.952 bits per heavy atom. The third-order valence-corrected chi connectivity index (χ3v) is 11.0. The zero-order valence-electron chi connectivity index (χ0n) is 41.1. The van der Waals surface area contributed by atoms with Crippen molar-refractivity contribution < 1.29 is 28.6 Å². The van der Waals surface area contributed by atoms with Crippen LogP contribution in [0.1, 0.15) is 239 Å². The van der Waals surface area contributed by atoms with Crippen molar-refractivity contribution >= 4 is 17.9 Å². The second kappa shape index (κ2) is 51.2. The molecule has 0 aliphatic heterocycles. The molecule has 1 atom stereocenters. The predicted octanol–water partition coefficient (Wildman–Crippen LogP) is 17.2. The van der Waals surface area contributed by atoms with E-state index in [0.717, 1.165) is 103 Å². The molecule has 0 aromatic heterocycles. The molecule has 0 aliphatic carbocycles. The Labute approximate surface area is 388 Å². The van der Waals surface area contributed by atoms with Gasteiger partial charge in [0.05, 0.1) is 0 Å². The van der Waals surface area contributed by atoms with Gasteiger partial charge in [0.25, 0.3) is 0 Å². The summed E-state index contributed by atoms with van der Waals surface area (Å²) >= 11 is 0. The number of unbranched alkanes of at least 4 members (excludes halogenated alkanes) is 25. The number of carbonyl (C=O) groups excluding carboxylic acids is 3. The van der Waals surface area contributed by atoms with Gasteiger partial charge in [-0.2, -0.15) is 0 Å². The van der Waals surface area contributed by atoms with Crippen molar-refractivity contribution in [2.24, 2.45) is 0 Å². The van der Waals surface area contributed by atoms with E-state index in [4.69, 9.17) is 14.2 Å². The van der Waals surface area contributed by atoms with E-state index in [9.17, 15) is 14.4 Å². The lowest BCUT2D eigenvalue weighted by Gasteiger charge is -2.18. The summed E-state index contributed by atoms with van der Waals surface area (Å²) in [4.78, 5) is 38.0. The van der Waals surface area contributed by atoms with Crippen molar-refractivity contribution in [2.45, 2.75) is 245 Å². The van der Waals surface area contributed by atoms with Crippen LogP contribution in [0.3, 0.4) is 0 Å². The molecule has 0 aromatic rings. The zero-order valence-corrected chi connectivity index (χ0v) is 41.1. The van der Waals surface area contributed by atoms with Gasteiger partial charge in [-0.25, -0.2) is 0 Å². The molecule has 0 saturated carbocycles. The maximum atomic E-state index is 12.8. The Morgan fingerprint density at radius 2 is 0.587 bits per heavy atom. The predicted molar refractivity (Wildman–Crippen MR) is 270 cm³/mol. The molecule has 0 heterocycles. The van der Waals surface area contributed by atoms with Crippen LogP contribution in [0.4, 0.5) is 0 Å². The fraction of sp³-hybridized carbons (Fsp3) is 0.702. The summed E-state index contributed by atoms with van der Waals surface area (Å²) in [6, 6.07) is 0. The van der Waals surface area contributed by atoms with Gasteiger partial charge in [0, 0.05) is 19.3 Å². The van der Waals surface area contributed by atoms with Crippen LogP contribution in [-0.2, 0) is 28.6 Å². The van der Waals surface area contributed by atoms with Crippen LogP contribution in [0.25, 0.3) is 0 Å². The third kappa shape index (κ3) is 49.5. The first-order chi connectivity index (χ1) is 31.0. The highest BCUT2D eigenvalue weighted by molar-refractivity contribution is 5.71. The Balaban J connectivity index is 4.46. The Bertz CT molecular complexity index is 1240. The van der Waals surface area contributed by atoms with Crippen LogP contribution in [0.15, 0.2) is 85.1 Å². The maximum Gasteiger partial charge on any atom is 0.306 e. The second-order valence-corrected chi connectivity index (χ2v) is 17.2. The number of hydrogen-bond donors (Lipinski definition) is 0. The van der Waals surface area contributed by atoms with Crippen molar-refractivity contribution in [2.75, 3.05) is 13.2 Å². The molecular formula is C57H96O6. The first-order valence-corrected chi connectivity index (χ1v) is 26.2. The zero-order chi connectivity index (χ0) is 45.8. The topological polar surface area (TPSA) is 78.9 Å². The van der Waals surface area contributed by atoms with Crippen LogP contribution in [0.2, 0.25) is 0 Å². The molecule has 0 amide bonds. The van der Waals surface area contributed by atoms with E-state index >= 15 is 0 Å². The van der Waals surface area contributed by atoms with E-state index in [1.165, 1.54) is 96.3 Å². The second-order valence-electron chi connectivity index (χ2n) is 17.2. The number of allylic oxidation sites excluding steroid dienone is 14. The van der Waals surface area contributed by atoms with Gasteiger partial charge < -0.3 is 14.2 Å². The van der Waals surface area contributed by atoms with Crippen molar-refractivity contribution in [3.05, 3.63) is 85.1 Å². The molecule has 1 unspecified atom stereocenters. The van der Waals surface area contributed by atoms with Gasteiger partial charge in [-0.1, -0.05) is 209 Å². The average molecular weight is 877 g/mol. The smallest absolute Gasteiger partial charge is 0.306 e. The number of ether oxygens (including phenoxy) is 3. The number of rotatable bonds is 46. The molecule has 360 valence electrons. The van der Waals surface area contributed by atoms with Crippen LogP contribution in [0.5, 0.6) is 0 Å². The largest absolute Gasteiger partial charge is 0.462 e. The van der Waals surface area contributed by atoms with Gasteiger partial charge in [0.2, 0.25) is 0 Å². The van der Waals surface area contributed by atoms with Gasteiger partial charge >= 0.3 is 17.9 Å². The molecule has 0 N–H and O–H groups in total. The van der Waals surface area contributed by atoms with Crippen LogP contribution in [0, 0.1) is 0 Å². The summed E-state index contributed by atoms with van der Waals surface area (Å²) in [5, 5.41) is 0. The van der Waals surface area contributed by atoms with E-state index in [-0.39, 0.29) is 31.1 Å². The quantitative estimate of drug-likeness (QED) is 0.0199. The molecule has 63 heavy (non-hydrogen) atoms. The van der Waals surface area contributed by atoms with Crippen molar-refractivity contribution in [1.82, 2.24) is 0 Å². The summed E-state index contributed by atoms with van der Waals surface area (Å²) in [5.74, 6) is -0.939. The van der Waals surface area contributed by atoms with Gasteiger partial charge in [-0.15, -0.1) is 0 Å². The van der Waals surface area contributed by atoms with Crippen LogP contribution in [-0.4, -0.2) is 37.2 Å².